The monoisotopic (exact) mass is 425 g/mol. The van der Waals surface area contributed by atoms with E-state index in [0.29, 0.717) is 40.6 Å². The zero-order valence-electron chi connectivity index (χ0n) is 16.5. The lowest BCUT2D eigenvalue weighted by Crippen LogP contribution is -2.34. The van der Waals surface area contributed by atoms with Crippen molar-refractivity contribution in [2.24, 2.45) is 0 Å². The van der Waals surface area contributed by atoms with Crippen molar-refractivity contribution in [2.75, 3.05) is 13.7 Å². The van der Waals surface area contributed by atoms with Crippen LogP contribution in [0.1, 0.15) is 32.0 Å². The molecule has 0 saturated heterocycles. The minimum absolute atomic E-state index is 0.202. The topological polar surface area (TPSA) is 77.8 Å². The highest BCUT2D eigenvalue weighted by molar-refractivity contribution is 6.32. The number of carbonyl (C=O) groups is 2. The fourth-order valence-corrected chi connectivity index (χ4v) is 3.82. The molecule has 0 aliphatic carbocycles. The first kappa shape index (κ1) is 20.0. The normalized spacial score (nSPS) is 14.7. The van der Waals surface area contributed by atoms with Gasteiger partial charge >= 0.3 is 5.97 Å². The van der Waals surface area contributed by atoms with Gasteiger partial charge in [0.15, 0.2) is 0 Å². The lowest BCUT2D eigenvalue weighted by molar-refractivity contribution is 0.0600. The smallest absolute Gasteiger partial charge is 0.337 e. The molecular formula is C23H20ClNO5. The number of hydrogen-bond acceptors (Lipinski definition) is 5. The molecule has 3 aromatic rings. The Morgan fingerprint density at radius 3 is 2.77 bits per heavy atom. The van der Waals surface area contributed by atoms with Crippen LogP contribution >= 0.6 is 11.6 Å². The summed E-state index contributed by atoms with van der Waals surface area (Å²) in [6.07, 6.45) is 1.89. The van der Waals surface area contributed by atoms with Gasteiger partial charge in [-0.1, -0.05) is 23.7 Å². The number of benzene rings is 2. The summed E-state index contributed by atoms with van der Waals surface area (Å²) < 4.78 is 15.9. The van der Waals surface area contributed by atoms with Crippen molar-refractivity contribution in [3.05, 3.63) is 76.2 Å². The zero-order valence-corrected chi connectivity index (χ0v) is 17.3. The van der Waals surface area contributed by atoms with Crippen LogP contribution in [0.2, 0.25) is 5.02 Å². The largest absolute Gasteiger partial charge is 0.486 e. The molecule has 154 valence electrons. The Morgan fingerprint density at radius 1 is 1.20 bits per heavy atom. The van der Waals surface area contributed by atoms with Gasteiger partial charge in [0.25, 0.3) is 5.91 Å². The van der Waals surface area contributed by atoms with E-state index in [-0.39, 0.29) is 12.0 Å². The number of aryl methyl sites for hydroxylation is 1. The van der Waals surface area contributed by atoms with Gasteiger partial charge in [-0.15, -0.1) is 0 Å². The number of esters is 1. The molecule has 30 heavy (non-hydrogen) atoms. The average molecular weight is 426 g/mol. The van der Waals surface area contributed by atoms with Crippen LogP contribution in [0.3, 0.4) is 0 Å². The predicted octanol–water partition coefficient (Wildman–Crippen LogP) is 4.43. The Balaban J connectivity index is 1.49. The summed E-state index contributed by atoms with van der Waals surface area (Å²) in [6.45, 7) is 2.09. The number of methoxy groups -OCH3 is 1. The summed E-state index contributed by atoms with van der Waals surface area (Å²) in [4.78, 5) is 24.1. The summed E-state index contributed by atoms with van der Waals surface area (Å²) in [6, 6.07) is 12.6. The van der Waals surface area contributed by atoms with Gasteiger partial charge < -0.3 is 19.2 Å². The third-order valence-electron chi connectivity index (χ3n) is 5.06. The van der Waals surface area contributed by atoms with Gasteiger partial charge in [0, 0.05) is 12.0 Å². The van der Waals surface area contributed by atoms with Gasteiger partial charge in [0.05, 0.1) is 36.1 Å². The molecule has 6 nitrogen and oxygen atoms in total. The van der Waals surface area contributed by atoms with Crippen LogP contribution in [0.15, 0.2) is 53.1 Å². The van der Waals surface area contributed by atoms with Gasteiger partial charge in [-0.3, -0.25) is 4.79 Å². The number of rotatable bonds is 5. The molecule has 1 N–H and O–H groups in total. The summed E-state index contributed by atoms with van der Waals surface area (Å²) in [5.41, 5.74) is 3.68. The van der Waals surface area contributed by atoms with E-state index in [1.54, 1.807) is 31.2 Å². The highest BCUT2D eigenvalue weighted by atomic mass is 35.5. The molecule has 1 atom stereocenters. The SMILES string of the molecule is COC(=O)c1cccc(-c2cc(Cl)c3c(c2)CC(CNC(=O)c2ccoc2C)O3)c1. The van der Waals surface area contributed by atoms with E-state index in [1.807, 2.05) is 18.2 Å². The van der Waals surface area contributed by atoms with Crippen LogP contribution in [0.5, 0.6) is 5.75 Å². The molecule has 0 fully saturated rings. The zero-order chi connectivity index (χ0) is 21.3. The van der Waals surface area contributed by atoms with Crippen LogP contribution < -0.4 is 10.1 Å². The summed E-state index contributed by atoms with van der Waals surface area (Å²) in [5.74, 6) is 0.608. The van der Waals surface area contributed by atoms with Gasteiger partial charge in [-0.05, 0) is 48.4 Å². The van der Waals surface area contributed by atoms with E-state index < -0.39 is 5.97 Å². The molecule has 0 bridgehead atoms. The van der Waals surface area contributed by atoms with E-state index in [1.165, 1.54) is 13.4 Å². The molecule has 0 radical (unpaired) electrons. The maximum atomic E-state index is 12.3. The number of carbonyl (C=O) groups excluding carboxylic acids is 2. The second kappa shape index (κ2) is 8.24. The fourth-order valence-electron chi connectivity index (χ4n) is 3.53. The number of amides is 1. The molecule has 1 aromatic heterocycles. The van der Waals surface area contributed by atoms with Crippen molar-refractivity contribution >= 4 is 23.5 Å². The maximum absolute atomic E-state index is 12.3. The first-order valence-corrected chi connectivity index (χ1v) is 9.84. The Kier molecular flexibility index (Phi) is 5.50. The number of nitrogens with one attached hydrogen (secondary N) is 1. The number of fused-ring (bicyclic) bond motifs is 1. The van der Waals surface area contributed by atoms with E-state index in [9.17, 15) is 9.59 Å². The fraction of sp³-hybridized carbons (Fsp3) is 0.217. The highest BCUT2D eigenvalue weighted by Crippen LogP contribution is 2.39. The Labute approximate surface area is 178 Å². The van der Waals surface area contributed by atoms with Crippen molar-refractivity contribution in [2.45, 2.75) is 19.4 Å². The average Bonchev–Trinajstić information content (AvgIpc) is 3.37. The molecular weight excluding hydrogens is 406 g/mol. The second-order valence-electron chi connectivity index (χ2n) is 7.06. The molecule has 1 aliphatic heterocycles. The summed E-state index contributed by atoms with van der Waals surface area (Å²) in [5, 5.41) is 3.37. The number of ether oxygens (including phenoxy) is 2. The third kappa shape index (κ3) is 3.91. The van der Waals surface area contributed by atoms with Crippen LogP contribution in [-0.4, -0.2) is 31.6 Å². The van der Waals surface area contributed by atoms with Gasteiger partial charge in [-0.25, -0.2) is 4.79 Å². The van der Waals surface area contributed by atoms with Gasteiger partial charge in [-0.2, -0.15) is 0 Å². The Bertz CT molecular complexity index is 1120. The van der Waals surface area contributed by atoms with Crippen molar-refractivity contribution in [1.29, 1.82) is 0 Å². The highest BCUT2D eigenvalue weighted by Gasteiger charge is 2.27. The van der Waals surface area contributed by atoms with Gasteiger partial charge in [0.2, 0.25) is 0 Å². The van der Waals surface area contributed by atoms with E-state index in [4.69, 9.17) is 25.5 Å². The molecule has 1 unspecified atom stereocenters. The van der Waals surface area contributed by atoms with Crippen molar-refractivity contribution in [3.63, 3.8) is 0 Å². The third-order valence-corrected chi connectivity index (χ3v) is 5.34. The molecule has 4 rings (SSSR count). The van der Waals surface area contributed by atoms with Gasteiger partial charge in [0.1, 0.15) is 17.6 Å². The van der Waals surface area contributed by atoms with Crippen LogP contribution in [0.25, 0.3) is 11.1 Å². The maximum Gasteiger partial charge on any atom is 0.337 e. The minimum Gasteiger partial charge on any atom is -0.486 e. The van der Waals surface area contributed by atoms with E-state index in [2.05, 4.69) is 5.32 Å². The standard InChI is InChI=1S/C23H20ClNO5/c1-13-19(6-7-29-13)22(26)25-12-18-10-17-9-16(11-20(24)21(17)30-18)14-4-3-5-15(8-14)23(27)28-2/h3-9,11,18H,10,12H2,1-2H3,(H,25,26). The van der Waals surface area contributed by atoms with Crippen molar-refractivity contribution in [3.8, 4) is 16.9 Å². The van der Waals surface area contributed by atoms with E-state index >= 15 is 0 Å². The molecule has 1 aliphatic rings. The molecule has 1 amide bonds. The number of halogens is 1. The van der Waals surface area contributed by atoms with Crippen molar-refractivity contribution in [1.82, 2.24) is 5.32 Å². The number of hydrogen-bond donors (Lipinski definition) is 1. The molecule has 0 spiro atoms. The van der Waals surface area contributed by atoms with Crippen molar-refractivity contribution < 1.29 is 23.5 Å². The summed E-state index contributed by atoms with van der Waals surface area (Å²) in [7, 11) is 1.35. The molecule has 2 heterocycles. The second-order valence-corrected chi connectivity index (χ2v) is 7.47. The van der Waals surface area contributed by atoms with Crippen LogP contribution in [0, 0.1) is 6.92 Å². The summed E-state index contributed by atoms with van der Waals surface area (Å²) >= 11 is 6.47. The van der Waals surface area contributed by atoms with Crippen LogP contribution in [-0.2, 0) is 11.2 Å². The number of furan rings is 1. The Morgan fingerprint density at radius 2 is 2.03 bits per heavy atom. The Hall–Kier alpha value is -3.25. The first-order chi connectivity index (χ1) is 14.5. The first-order valence-electron chi connectivity index (χ1n) is 9.46. The lowest BCUT2D eigenvalue weighted by Gasteiger charge is -2.12. The quantitative estimate of drug-likeness (QED) is 0.612. The lowest BCUT2D eigenvalue weighted by atomic mass is 9.99. The molecule has 2 aromatic carbocycles. The molecule has 0 saturated carbocycles. The minimum atomic E-state index is -0.392. The molecule has 7 heteroatoms. The van der Waals surface area contributed by atoms with Crippen LogP contribution in [0.4, 0.5) is 0 Å². The predicted molar refractivity (Wildman–Crippen MR) is 112 cm³/mol. The van der Waals surface area contributed by atoms with E-state index in [0.717, 1.165) is 16.7 Å².